The van der Waals surface area contributed by atoms with Crippen LogP contribution in [-0.4, -0.2) is 13.2 Å². The molecule has 0 aliphatic carbocycles. The fourth-order valence-electron chi connectivity index (χ4n) is 1.88. The lowest BCUT2D eigenvalue weighted by molar-refractivity contribution is 0.171. The first-order valence-electron chi connectivity index (χ1n) is 5.96. The van der Waals surface area contributed by atoms with E-state index in [4.69, 9.17) is 15.2 Å². The Bertz CT molecular complexity index is 352. The fourth-order valence-corrected chi connectivity index (χ4v) is 1.88. The topological polar surface area (TPSA) is 44.5 Å². The maximum Gasteiger partial charge on any atom is 0.161 e. The second-order valence-corrected chi connectivity index (χ2v) is 4.15. The molecule has 1 aliphatic heterocycles. The van der Waals surface area contributed by atoms with Crippen molar-refractivity contribution in [2.75, 3.05) is 13.2 Å². The van der Waals surface area contributed by atoms with Crippen LogP contribution in [0.3, 0.4) is 0 Å². The monoisotopic (exact) mass is 221 g/mol. The minimum Gasteiger partial charge on any atom is -0.486 e. The van der Waals surface area contributed by atoms with Crippen molar-refractivity contribution in [1.82, 2.24) is 0 Å². The minimum atomic E-state index is 0.107. The van der Waals surface area contributed by atoms with Crippen molar-refractivity contribution in [3.63, 3.8) is 0 Å². The molecule has 0 fully saturated rings. The molecule has 1 aromatic carbocycles. The standard InChI is InChI=1S/C13H19NO2/c1-2-3-4-11(14)10-5-6-12-13(9-10)16-8-7-15-12/h5-6,9,11H,2-4,7-8,14H2,1H3/t11-/m1/s1. The first kappa shape index (κ1) is 11.3. The third-order valence-electron chi connectivity index (χ3n) is 2.86. The van der Waals surface area contributed by atoms with Gasteiger partial charge in [0.15, 0.2) is 11.5 Å². The molecule has 0 bridgehead atoms. The maximum absolute atomic E-state index is 6.12. The van der Waals surface area contributed by atoms with Gasteiger partial charge in [0.1, 0.15) is 13.2 Å². The van der Waals surface area contributed by atoms with Gasteiger partial charge in [-0.25, -0.2) is 0 Å². The zero-order chi connectivity index (χ0) is 11.4. The van der Waals surface area contributed by atoms with Gasteiger partial charge in [-0.2, -0.15) is 0 Å². The Balaban J connectivity index is 2.10. The predicted octanol–water partition coefficient (Wildman–Crippen LogP) is 2.65. The Kier molecular flexibility index (Phi) is 3.67. The minimum absolute atomic E-state index is 0.107. The highest BCUT2D eigenvalue weighted by molar-refractivity contribution is 5.44. The zero-order valence-corrected chi connectivity index (χ0v) is 9.74. The molecule has 0 spiro atoms. The van der Waals surface area contributed by atoms with Gasteiger partial charge in [0.25, 0.3) is 0 Å². The third-order valence-corrected chi connectivity index (χ3v) is 2.86. The molecule has 3 heteroatoms. The van der Waals surface area contributed by atoms with Crippen molar-refractivity contribution in [3.05, 3.63) is 23.8 Å². The normalized spacial score (nSPS) is 15.9. The van der Waals surface area contributed by atoms with Crippen LogP contribution in [0.1, 0.15) is 37.8 Å². The van der Waals surface area contributed by atoms with Crippen LogP contribution in [0.25, 0.3) is 0 Å². The van der Waals surface area contributed by atoms with Gasteiger partial charge in [0, 0.05) is 6.04 Å². The first-order chi connectivity index (χ1) is 7.81. The second-order valence-electron chi connectivity index (χ2n) is 4.15. The Labute approximate surface area is 96.5 Å². The summed E-state index contributed by atoms with van der Waals surface area (Å²) in [6.45, 7) is 3.44. The molecule has 0 amide bonds. The van der Waals surface area contributed by atoms with Gasteiger partial charge in [-0.15, -0.1) is 0 Å². The molecule has 0 aromatic heterocycles. The van der Waals surface area contributed by atoms with Gasteiger partial charge in [-0.05, 0) is 24.1 Å². The molecule has 1 atom stereocenters. The fraction of sp³-hybridized carbons (Fsp3) is 0.538. The van der Waals surface area contributed by atoms with Crippen molar-refractivity contribution < 1.29 is 9.47 Å². The van der Waals surface area contributed by atoms with E-state index < -0.39 is 0 Å². The van der Waals surface area contributed by atoms with Gasteiger partial charge >= 0.3 is 0 Å². The Morgan fingerprint density at radius 1 is 1.25 bits per heavy atom. The average molecular weight is 221 g/mol. The summed E-state index contributed by atoms with van der Waals surface area (Å²) in [4.78, 5) is 0. The van der Waals surface area contributed by atoms with E-state index in [1.807, 2.05) is 18.2 Å². The van der Waals surface area contributed by atoms with E-state index in [1.165, 1.54) is 6.42 Å². The molecule has 3 nitrogen and oxygen atoms in total. The lowest BCUT2D eigenvalue weighted by Crippen LogP contribution is -2.16. The van der Waals surface area contributed by atoms with Crippen LogP contribution in [0.5, 0.6) is 11.5 Å². The van der Waals surface area contributed by atoms with Crippen LogP contribution >= 0.6 is 0 Å². The first-order valence-corrected chi connectivity index (χ1v) is 5.96. The molecule has 1 aliphatic rings. The Morgan fingerprint density at radius 2 is 2.00 bits per heavy atom. The molecule has 0 unspecified atom stereocenters. The third kappa shape index (κ3) is 2.47. The smallest absolute Gasteiger partial charge is 0.161 e. The van der Waals surface area contributed by atoms with Crippen LogP contribution in [0.15, 0.2) is 18.2 Å². The second kappa shape index (κ2) is 5.21. The highest BCUT2D eigenvalue weighted by atomic mass is 16.6. The van der Waals surface area contributed by atoms with E-state index in [1.54, 1.807) is 0 Å². The van der Waals surface area contributed by atoms with Crippen LogP contribution in [0, 0.1) is 0 Å². The molecule has 88 valence electrons. The van der Waals surface area contributed by atoms with Crippen LogP contribution in [-0.2, 0) is 0 Å². The quantitative estimate of drug-likeness (QED) is 0.850. The Morgan fingerprint density at radius 3 is 2.75 bits per heavy atom. The molecule has 2 rings (SSSR count). The van der Waals surface area contributed by atoms with Crippen molar-refractivity contribution >= 4 is 0 Å². The van der Waals surface area contributed by atoms with Crippen LogP contribution < -0.4 is 15.2 Å². The summed E-state index contributed by atoms with van der Waals surface area (Å²) in [5.74, 6) is 1.66. The maximum atomic E-state index is 6.12. The molecule has 16 heavy (non-hydrogen) atoms. The van der Waals surface area contributed by atoms with Gasteiger partial charge < -0.3 is 15.2 Å². The van der Waals surface area contributed by atoms with E-state index in [-0.39, 0.29) is 6.04 Å². The van der Waals surface area contributed by atoms with E-state index in [0.717, 1.165) is 29.9 Å². The molecule has 0 saturated carbocycles. The van der Waals surface area contributed by atoms with Gasteiger partial charge in [0.2, 0.25) is 0 Å². The Hall–Kier alpha value is -1.22. The van der Waals surface area contributed by atoms with Crippen LogP contribution in [0.4, 0.5) is 0 Å². The highest BCUT2D eigenvalue weighted by Crippen LogP contribution is 2.32. The summed E-state index contributed by atoms with van der Waals surface area (Å²) >= 11 is 0. The van der Waals surface area contributed by atoms with E-state index in [9.17, 15) is 0 Å². The molecule has 2 N–H and O–H groups in total. The van der Waals surface area contributed by atoms with E-state index in [2.05, 4.69) is 6.92 Å². The summed E-state index contributed by atoms with van der Waals surface area (Å²) in [6, 6.07) is 6.11. The van der Waals surface area contributed by atoms with Crippen molar-refractivity contribution in [3.8, 4) is 11.5 Å². The number of hydrogen-bond donors (Lipinski definition) is 1. The SMILES string of the molecule is CCCC[C@@H](N)c1ccc2c(c1)OCCO2. The number of fused-ring (bicyclic) bond motifs is 1. The number of benzene rings is 1. The van der Waals surface area contributed by atoms with Crippen molar-refractivity contribution in [2.45, 2.75) is 32.2 Å². The molecule has 1 aromatic rings. The predicted molar refractivity (Wildman–Crippen MR) is 63.9 cm³/mol. The molecular formula is C13H19NO2. The van der Waals surface area contributed by atoms with Crippen LogP contribution in [0.2, 0.25) is 0 Å². The summed E-state index contributed by atoms with van der Waals surface area (Å²) in [5.41, 5.74) is 7.25. The van der Waals surface area contributed by atoms with E-state index >= 15 is 0 Å². The number of rotatable bonds is 4. The molecule has 1 heterocycles. The number of unbranched alkanes of at least 4 members (excludes halogenated alkanes) is 1. The number of ether oxygens (including phenoxy) is 2. The number of nitrogens with two attached hydrogens (primary N) is 1. The van der Waals surface area contributed by atoms with Crippen molar-refractivity contribution in [1.29, 1.82) is 0 Å². The van der Waals surface area contributed by atoms with Gasteiger partial charge in [-0.1, -0.05) is 25.8 Å². The van der Waals surface area contributed by atoms with Gasteiger partial charge in [0.05, 0.1) is 0 Å². The van der Waals surface area contributed by atoms with Crippen molar-refractivity contribution in [2.24, 2.45) is 5.73 Å². The lowest BCUT2D eigenvalue weighted by atomic mass is 10.0. The summed E-state index contributed by atoms with van der Waals surface area (Å²) in [5, 5.41) is 0. The summed E-state index contributed by atoms with van der Waals surface area (Å²) < 4.78 is 11.0. The molecular weight excluding hydrogens is 202 g/mol. The summed E-state index contributed by atoms with van der Waals surface area (Å²) in [7, 11) is 0. The largest absolute Gasteiger partial charge is 0.486 e. The lowest BCUT2D eigenvalue weighted by Gasteiger charge is -2.20. The van der Waals surface area contributed by atoms with Gasteiger partial charge in [-0.3, -0.25) is 0 Å². The average Bonchev–Trinajstić information content (AvgIpc) is 2.35. The number of hydrogen-bond acceptors (Lipinski definition) is 3. The highest BCUT2D eigenvalue weighted by Gasteiger charge is 2.14. The molecule has 0 saturated heterocycles. The zero-order valence-electron chi connectivity index (χ0n) is 9.74. The summed E-state index contributed by atoms with van der Waals surface area (Å²) in [6.07, 6.45) is 3.37. The van der Waals surface area contributed by atoms with E-state index in [0.29, 0.717) is 13.2 Å². The molecule has 0 radical (unpaired) electrons.